The zero-order chi connectivity index (χ0) is 13.9. The minimum absolute atomic E-state index is 0.0190. The number of nitrogens with two attached hydrogens (primary N) is 1. The summed E-state index contributed by atoms with van der Waals surface area (Å²) in [7, 11) is -7.52. The lowest BCUT2D eigenvalue weighted by molar-refractivity contribution is -0.135. The molecule has 0 spiro atoms. The fourth-order valence-corrected chi connectivity index (χ4v) is 1.13. The van der Waals surface area contributed by atoms with Crippen LogP contribution in [0.3, 0.4) is 0 Å². The van der Waals surface area contributed by atoms with Crippen LogP contribution in [0.25, 0.3) is 0 Å². The first-order chi connectivity index (χ1) is 7.69. The third kappa shape index (κ3) is 25.7. The maximum absolute atomic E-state index is 10.7. The van der Waals surface area contributed by atoms with Gasteiger partial charge in [-0.15, -0.1) is 9.79 Å². The first-order valence-electron chi connectivity index (χ1n) is 4.52. The van der Waals surface area contributed by atoms with Crippen molar-refractivity contribution in [2.24, 2.45) is 5.73 Å². The molecule has 11 heteroatoms. The quantitative estimate of drug-likeness (QED) is 0.328. The monoisotopic (exact) mass is 292 g/mol. The number of carbonyl (C=O) groups excluding carboxylic acids is 1. The average molecular weight is 292 g/mol. The van der Waals surface area contributed by atoms with Crippen molar-refractivity contribution in [2.75, 3.05) is 6.54 Å². The first kappa shape index (κ1) is 19.0. The van der Waals surface area contributed by atoms with E-state index in [4.69, 9.17) is 29.9 Å². The third-order valence-corrected chi connectivity index (χ3v) is 1.75. The molecule has 0 amide bonds. The lowest BCUT2D eigenvalue weighted by Gasteiger charge is -2.04. The number of unbranched alkanes of at least 4 members (excludes halogenated alkanes) is 2. The second kappa shape index (κ2) is 10.7. The Morgan fingerprint density at radius 1 is 1.24 bits per heavy atom. The molecule has 0 aromatic carbocycles. The summed E-state index contributed by atoms with van der Waals surface area (Å²) in [6.45, 7) is 0.549. The molecule has 0 rings (SSSR count). The smallest absolute Gasteiger partial charge is 0.371 e. The maximum atomic E-state index is 10.7. The largest absolute Gasteiger partial charge is 0.692 e. The van der Waals surface area contributed by atoms with Gasteiger partial charge in [0, 0.05) is 11.0 Å². The van der Waals surface area contributed by atoms with Crippen molar-refractivity contribution >= 4 is 22.0 Å². The summed E-state index contributed by atoms with van der Waals surface area (Å²) in [6, 6.07) is 0. The Bertz CT molecular complexity index is 273. The number of phosphoric acid groups is 1. The van der Waals surface area contributed by atoms with E-state index in [-0.39, 0.29) is 6.42 Å². The average Bonchev–Trinajstić information content (AvgIpc) is 2.08. The van der Waals surface area contributed by atoms with E-state index < -0.39 is 22.0 Å². The Hall–Kier alpha value is -0.400. The lowest BCUT2D eigenvalue weighted by atomic mass is 10.2. The van der Waals surface area contributed by atoms with Gasteiger partial charge in [0.15, 0.2) is 0 Å². The van der Waals surface area contributed by atoms with E-state index in [1.807, 2.05) is 0 Å². The first-order valence-corrected chi connectivity index (χ1v) is 7.21. The molecule has 0 aliphatic rings. The number of hydrogen-bond acceptors (Lipinski definition) is 5. The van der Waals surface area contributed by atoms with Gasteiger partial charge >= 0.3 is 22.0 Å². The Morgan fingerprint density at radius 2 is 1.71 bits per heavy atom. The second-order valence-electron chi connectivity index (χ2n) is 2.81. The van der Waals surface area contributed by atoms with E-state index in [1.165, 1.54) is 0 Å². The molecule has 0 aromatic rings. The molecular weight excluding hydrogens is 276 g/mol. The highest BCUT2D eigenvalue weighted by atomic mass is 31.2. The van der Waals surface area contributed by atoms with E-state index in [0.29, 0.717) is 13.0 Å². The number of carbonyl (C=O) groups is 1. The number of rotatable bonds is 6. The van der Waals surface area contributed by atoms with Crippen molar-refractivity contribution in [3.8, 4) is 0 Å². The molecule has 0 fully saturated rings. The Morgan fingerprint density at radius 3 is 2.06 bits per heavy atom. The minimum Gasteiger partial charge on any atom is -0.371 e. The molecule has 0 saturated heterocycles. The van der Waals surface area contributed by atoms with E-state index in [0.717, 1.165) is 12.8 Å². The molecule has 0 aromatic heterocycles. The van der Waals surface area contributed by atoms with Crippen LogP contribution in [-0.4, -0.2) is 32.1 Å². The highest BCUT2D eigenvalue weighted by Gasteiger charge is 2.19. The molecule has 0 unspecified atom stereocenters. The van der Waals surface area contributed by atoms with Crippen LogP contribution in [0, 0.1) is 0 Å². The molecule has 17 heavy (non-hydrogen) atoms. The van der Waals surface area contributed by atoms with Crippen LogP contribution < -0.4 is 5.73 Å². The summed E-state index contributed by atoms with van der Waals surface area (Å²) in [4.78, 5) is 41.4. The molecule has 0 heterocycles. The molecule has 0 aliphatic carbocycles. The van der Waals surface area contributed by atoms with Gasteiger partial charge in [0.2, 0.25) is 0 Å². The zero-order valence-corrected chi connectivity index (χ0v) is 10.7. The molecule has 102 valence electrons. The molecule has 0 atom stereocenters. The lowest BCUT2D eigenvalue weighted by Crippen LogP contribution is -2.03. The Balaban J connectivity index is 0. The van der Waals surface area contributed by atoms with E-state index >= 15 is 0 Å². The van der Waals surface area contributed by atoms with E-state index in [2.05, 4.69) is 4.52 Å². The van der Waals surface area contributed by atoms with Crippen LogP contribution in [0.5, 0.6) is 0 Å². The van der Waals surface area contributed by atoms with Gasteiger partial charge in [-0.1, -0.05) is 6.42 Å². The van der Waals surface area contributed by atoms with Crippen molar-refractivity contribution in [3.05, 3.63) is 0 Å². The summed E-state index contributed by atoms with van der Waals surface area (Å²) in [5.74, 6) is -0.870. The maximum Gasteiger partial charge on any atom is 0.692 e. The summed E-state index contributed by atoms with van der Waals surface area (Å²) >= 11 is 0. The zero-order valence-electron chi connectivity index (χ0n) is 8.93. The van der Waals surface area contributed by atoms with Gasteiger partial charge in [0.1, 0.15) is 0 Å². The van der Waals surface area contributed by atoms with Crippen LogP contribution in [0.4, 0.5) is 0 Å². The molecule has 0 aliphatic heterocycles. The molecule has 6 N–H and O–H groups in total. The van der Waals surface area contributed by atoms with Crippen LogP contribution in [0.2, 0.25) is 0 Å². The topological polar surface area (TPSA) is 167 Å². The highest BCUT2D eigenvalue weighted by molar-refractivity contribution is 7.46. The number of phosphoric ester groups is 1. The summed E-state index contributed by atoms with van der Waals surface area (Å²) in [5, 5.41) is 0. The SMILES string of the molecule is NCCCCCC(=O)OP(=O)(O)O.O=[P+](O)O. The van der Waals surface area contributed by atoms with Gasteiger partial charge in [-0.05, 0) is 19.4 Å². The van der Waals surface area contributed by atoms with Gasteiger partial charge in [0.25, 0.3) is 0 Å². The predicted octanol–water partition coefficient (Wildman–Crippen LogP) is -0.230. The van der Waals surface area contributed by atoms with Gasteiger partial charge < -0.3 is 10.3 Å². The molecule has 9 nitrogen and oxygen atoms in total. The van der Waals surface area contributed by atoms with Crippen LogP contribution in [-0.2, 0) is 18.4 Å². The van der Waals surface area contributed by atoms with E-state index in [9.17, 15) is 9.36 Å². The van der Waals surface area contributed by atoms with Crippen LogP contribution >= 0.6 is 16.1 Å². The fraction of sp³-hybridized carbons (Fsp3) is 0.833. The van der Waals surface area contributed by atoms with Crippen molar-refractivity contribution in [1.29, 1.82) is 0 Å². The van der Waals surface area contributed by atoms with Crippen molar-refractivity contribution in [3.63, 3.8) is 0 Å². The van der Waals surface area contributed by atoms with Gasteiger partial charge in [-0.25, -0.2) is 4.57 Å². The van der Waals surface area contributed by atoms with Gasteiger partial charge in [0.05, 0.1) is 0 Å². The van der Waals surface area contributed by atoms with Gasteiger partial charge in [-0.3, -0.25) is 14.6 Å². The van der Waals surface area contributed by atoms with Gasteiger partial charge in [-0.2, -0.15) is 0 Å². The Kier molecular flexibility index (Phi) is 12.0. The standard InChI is InChI=1S/C6H14NO5P.HO3P/c7-5-3-1-2-4-6(8)12-13(9,10)11;1-4(2)3/h1-5,7H2,(H2,9,10,11);(H-,1,2,3)/p+1. The van der Waals surface area contributed by atoms with E-state index in [1.54, 1.807) is 0 Å². The molecule has 0 saturated carbocycles. The molecular formula is C6H16NO8P2+. The van der Waals surface area contributed by atoms with Crippen LogP contribution in [0.15, 0.2) is 0 Å². The number of hydrogen-bond donors (Lipinski definition) is 5. The molecule has 0 radical (unpaired) electrons. The summed E-state index contributed by atoms with van der Waals surface area (Å²) in [5.41, 5.74) is 5.21. The molecule has 0 bridgehead atoms. The van der Waals surface area contributed by atoms with Crippen molar-refractivity contribution < 1.29 is 38.0 Å². The second-order valence-corrected chi connectivity index (χ2v) is 4.48. The third-order valence-electron chi connectivity index (χ3n) is 1.31. The minimum atomic E-state index is -4.65. The summed E-state index contributed by atoms with van der Waals surface area (Å²) in [6.07, 6.45) is 2.11. The van der Waals surface area contributed by atoms with Crippen LogP contribution in [0.1, 0.15) is 25.7 Å². The normalized spacial score (nSPS) is 10.2. The summed E-state index contributed by atoms with van der Waals surface area (Å²) < 4.78 is 22.7. The van der Waals surface area contributed by atoms with Crippen molar-refractivity contribution in [1.82, 2.24) is 0 Å². The highest BCUT2D eigenvalue weighted by Crippen LogP contribution is 2.36. The fourth-order valence-electron chi connectivity index (χ4n) is 0.769. The van der Waals surface area contributed by atoms with Crippen molar-refractivity contribution in [2.45, 2.75) is 25.7 Å². The Labute approximate surface area is 98.8 Å². The predicted molar refractivity (Wildman–Crippen MR) is 57.7 cm³/mol.